The number of aromatic amines is 1. The molecule has 0 saturated carbocycles. The fourth-order valence-electron chi connectivity index (χ4n) is 4.00. The Hall–Kier alpha value is -2.94. The summed E-state index contributed by atoms with van der Waals surface area (Å²) in [5.41, 5.74) is 0.543. The Morgan fingerprint density at radius 3 is 2.75 bits per heavy atom. The molecule has 2 unspecified atom stereocenters. The summed E-state index contributed by atoms with van der Waals surface area (Å²) in [5, 5.41) is 19.0. The molecule has 8 nitrogen and oxygen atoms in total. The lowest BCUT2D eigenvalue weighted by Gasteiger charge is -2.44. The summed E-state index contributed by atoms with van der Waals surface area (Å²) in [4.78, 5) is 27.3. The van der Waals surface area contributed by atoms with Crippen LogP contribution in [0.5, 0.6) is 0 Å². The van der Waals surface area contributed by atoms with E-state index in [-0.39, 0.29) is 28.0 Å². The summed E-state index contributed by atoms with van der Waals surface area (Å²) in [6, 6.07) is 12.6. The molecule has 2 saturated heterocycles. The molecule has 2 fully saturated rings. The second-order valence-electron chi connectivity index (χ2n) is 7.54. The van der Waals surface area contributed by atoms with E-state index in [1.165, 1.54) is 0 Å². The number of aromatic nitrogens is 4. The minimum Gasteiger partial charge on any atom is -0.338 e. The predicted molar refractivity (Wildman–Crippen MR) is 104 cm³/mol. The Morgan fingerprint density at radius 2 is 2.00 bits per heavy atom. The van der Waals surface area contributed by atoms with E-state index in [2.05, 4.69) is 25.9 Å². The summed E-state index contributed by atoms with van der Waals surface area (Å²) in [6.45, 7) is 4.10. The average Bonchev–Trinajstić information content (AvgIpc) is 3.29. The van der Waals surface area contributed by atoms with E-state index in [4.69, 9.17) is 0 Å². The average molecular weight is 394 g/mol. The van der Waals surface area contributed by atoms with Crippen molar-refractivity contribution in [2.45, 2.75) is 36.1 Å². The number of β-lactam (4-membered cyclic amide) rings is 1. The highest BCUT2D eigenvalue weighted by atomic mass is 32.2. The first kappa shape index (κ1) is 17.2. The van der Waals surface area contributed by atoms with Crippen LogP contribution in [0.15, 0.2) is 42.5 Å². The molecule has 2 aromatic carbocycles. The van der Waals surface area contributed by atoms with E-state index in [0.29, 0.717) is 11.4 Å². The number of amides is 2. The van der Waals surface area contributed by atoms with Crippen LogP contribution in [0.3, 0.4) is 0 Å². The standard InChI is InChI=1S/C19H18N6O2S/c1-19(2)14(15-21-23-24-22-15)25-17(27)13(18(25)28-19)20-16(26)12-8-7-10-5-3-4-6-11(10)9-12/h3-9,13-14,18H,1-2H3,(H,20,26)(H,21,22,23,24)/t13?,14?,18-/m1/s1. The van der Waals surface area contributed by atoms with E-state index in [9.17, 15) is 9.59 Å². The number of nitrogens with one attached hydrogen (secondary N) is 2. The highest BCUT2D eigenvalue weighted by Gasteiger charge is 2.63. The van der Waals surface area contributed by atoms with Crippen LogP contribution in [0.4, 0.5) is 0 Å². The van der Waals surface area contributed by atoms with Gasteiger partial charge in [-0.15, -0.1) is 22.0 Å². The first-order chi connectivity index (χ1) is 13.5. The summed E-state index contributed by atoms with van der Waals surface area (Å²) >= 11 is 1.64. The van der Waals surface area contributed by atoms with E-state index >= 15 is 0 Å². The van der Waals surface area contributed by atoms with Gasteiger partial charge in [0.05, 0.1) is 0 Å². The van der Waals surface area contributed by atoms with Crippen molar-refractivity contribution in [2.75, 3.05) is 0 Å². The van der Waals surface area contributed by atoms with E-state index in [1.807, 2.05) is 50.2 Å². The number of rotatable bonds is 3. The van der Waals surface area contributed by atoms with Crippen LogP contribution in [0, 0.1) is 0 Å². The van der Waals surface area contributed by atoms with Gasteiger partial charge in [0.2, 0.25) is 5.91 Å². The number of hydrogen-bond acceptors (Lipinski definition) is 6. The summed E-state index contributed by atoms with van der Waals surface area (Å²) in [7, 11) is 0. The van der Waals surface area contributed by atoms with Gasteiger partial charge in [-0.1, -0.05) is 35.5 Å². The minimum absolute atomic E-state index is 0.119. The zero-order valence-electron chi connectivity index (χ0n) is 15.3. The van der Waals surface area contributed by atoms with E-state index < -0.39 is 6.04 Å². The summed E-state index contributed by atoms with van der Waals surface area (Å²) in [5.74, 6) is 0.129. The fourth-order valence-corrected chi connectivity index (χ4v) is 5.63. The zero-order chi connectivity index (χ0) is 19.5. The molecule has 1 aromatic heterocycles. The second kappa shape index (κ2) is 6.03. The van der Waals surface area contributed by atoms with Crippen molar-refractivity contribution < 1.29 is 9.59 Å². The largest absolute Gasteiger partial charge is 0.338 e. The molecular weight excluding hydrogens is 376 g/mol. The lowest BCUT2D eigenvalue weighted by Crippen LogP contribution is -2.67. The first-order valence-corrected chi connectivity index (χ1v) is 9.87. The molecule has 3 aromatic rings. The van der Waals surface area contributed by atoms with Crippen LogP contribution in [-0.4, -0.2) is 53.5 Å². The SMILES string of the molecule is CC1(C)S[C@@H]2C(NC(=O)c3ccc4ccccc4c3)C(=O)N2C1c1nn[nH]n1. The quantitative estimate of drug-likeness (QED) is 0.658. The zero-order valence-corrected chi connectivity index (χ0v) is 16.1. The highest BCUT2D eigenvalue weighted by Crippen LogP contribution is 2.56. The van der Waals surface area contributed by atoms with Gasteiger partial charge in [0, 0.05) is 10.3 Å². The predicted octanol–water partition coefficient (Wildman–Crippen LogP) is 1.89. The van der Waals surface area contributed by atoms with E-state index in [1.54, 1.807) is 22.7 Å². The van der Waals surface area contributed by atoms with Gasteiger partial charge in [0.25, 0.3) is 5.91 Å². The van der Waals surface area contributed by atoms with Crippen LogP contribution in [0.2, 0.25) is 0 Å². The van der Waals surface area contributed by atoms with Crippen molar-refractivity contribution >= 4 is 34.3 Å². The molecule has 0 spiro atoms. The van der Waals surface area contributed by atoms with Crippen LogP contribution in [0.25, 0.3) is 10.8 Å². The van der Waals surface area contributed by atoms with Gasteiger partial charge in [0.1, 0.15) is 17.5 Å². The molecule has 5 rings (SSSR count). The Labute approximate surface area is 165 Å². The molecule has 2 N–H and O–H groups in total. The third-order valence-corrected chi connectivity index (χ3v) is 6.92. The number of tetrazole rings is 1. The van der Waals surface area contributed by atoms with Crippen LogP contribution in [-0.2, 0) is 4.79 Å². The molecule has 0 bridgehead atoms. The Bertz CT molecular complexity index is 1080. The first-order valence-electron chi connectivity index (χ1n) is 8.99. The molecular formula is C19H18N6O2S. The van der Waals surface area contributed by atoms with Gasteiger partial charge in [-0.05, 0) is 36.8 Å². The topological polar surface area (TPSA) is 104 Å². The van der Waals surface area contributed by atoms with Crippen molar-refractivity contribution in [2.24, 2.45) is 0 Å². The number of thioether (sulfide) groups is 1. The van der Waals surface area contributed by atoms with Gasteiger partial charge >= 0.3 is 0 Å². The number of carbonyl (C=O) groups is 2. The Balaban J connectivity index is 1.37. The number of fused-ring (bicyclic) bond motifs is 2. The molecule has 0 aliphatic carbocycles. The maximum Gasteiger partial charge on any atom is 0.252 e. The second-order valence-corrected chi connectivity index (χ2v) is 9.31. The van der Waals surface area contributed by atoms with Gasteiger partial charge < -0.3 is 10.2 Å². The number of carbonyl (C=O) groups excluding carboxylic acids is 2. The van der Waals surface area contributed by atoms with Crippen molar-refractivity contribution in [3.8, 4) is 0 Å². The van der Waals surface area contributed by atoms with Crippen molar-refractivity contribution in [3.05, 3.63) is 53.9 Å². The molecule has 0 radical (unpaired) electrons. The van der Waals surface area contributed by atoms with Gasteiger partial charge in [-0.2, -0.15) is 5.21 Å². The molecule has 3 atom stereocenters. The molecule has 142 valence electrons. The number of hydrogen-bond donors (Lipinski definition) is 2. The van der Waals surface area contributed by atoms with Crippen LogP contribution in [0.1, 0.15) is 36.1 Å². The maximum absolute atomic E-state index is 12.8. The van der Waals surface area contributed by atoms with Gasteiger partial charge in [-0.25, -0.2) is 0 Å². The third-order valence-electron chi connectivity index (χ3n) is 5.35. The van der Waals surface area contributed by atoms with Gasteiger partial charge in [0.15, 0.2) is 5.82 Å². The smallest absolute Gasteiger partial charge is 0.252 e. The minimum atomic E-state index is -0.555. The van der Waals surface area contributed by atoms with Gasteiger partial charge in [-0.3, -0.25) is 9.59 Å². The third kappa shape index (κ3) is 2.50. The number of nitrogens with zero attached hydrogens (tertiary/aromatic N) is 4. The van der Waals surface area contributed by atoms with Crippen LogP contribution < -0.4 is 5.32 Å². The molecule has 2 aliphatic heterocycles. The molecule has 2 amide bonds. The van der Waals surface area contributed by atoms with Crippen molar-refractivity contribution in [1.29, 1.82) is 0 Å². The van der Waals surface area contributed by atoms with E-state index in [0.717, 1.165) is 10.8 Å². The maximum atomic E-state index is 12.8. The Kier molecular flexibility index (Phi) is 3.70. The number of benzene rings is 2. The molecule has 2 aliphatic rings. The van der Waals surface area contributed by atoms with Crippen molar-refractivity contribution in [3.63, 3.8) is 0 Å². The lowest BCUT2D eigenvalue weighted by atomic mass is 9.95. The lowest BCUT2D eigenvalue weighted by molar-refractivity contribution is -0.148. The fraction of sp³-hybridized carbons (Fsp3) is 0.316. The summed E-state index contributed by atoms with van der Waals surface area (Å²) < 4.78 is -0.285. The molecule has 28 heavy (non-hydrogen) atoms. The van der Waals surface area contributed by atoms with Crippen molar-refractivity contribution in [1.82, 2.24) is 30.8 Å². The molecule has 3 heterocycles. The molecule has 9 heteroatoms. The Morgan fingerprint density at radius 1 is 1.21 bits per heavy atom. The van der Waals surface area contributed by atoms with Crippen LogP contribution >= 0.6 is 11.8 Å². The monoisotopic (exact) mass is 394 g/mol. The normalized spacial score (nSPS) is 25.4. The number of H-pyrrole nitrogens is 1. The summed E-state index contributed by atoms with van der Waals surface area (Å²) in [6.07, 6.45) is 0. The highest BCUT2D eigenvalue weighted by molar-refractivity contribution is 8.01.